The van der Waals surface area contributed by atoms with E-state index in [4.69, 9.17) is 5.73 Å². The van der Waals surface area contributed by atoms with Crippen LogP contribution in [0.2, 0.25) is 0 Å². The summed E-state index contributed by atoms with van der Waals surface area (Å²) in [5, 5.41) is 0. The number of nitrogens with two attached hydrogens (primary N) is 1. The Kier molecular flexibility index (Phi) is 7.43. The van der Waals surface area contributed by atoms with E-state index in [0.29, 0.717) is 22.5 Å². The van der Waals surface area contributed by atoms with Crippen molar-refractivity contribution < 1.29 is 13.3 Å². The Balaban J connectivity index is 1.77. The van der Waals surface area contributed by atoms with Crippen LogP contribution in [-0.4, -0.2) is 0 Å². The third kappa shape index (κ3) is 5.13. The molecule has 0 aliphatic carbocycles. The molecule has 2 nitrogen and oxygen atoms in total. The van der Waals surface area contributed by atoms with Crippen LogP contribution in [0, 0.1) is 0 Å². The average molecular weight is 506 g/mol. The Morgan fingerprint density at radius 2 is 1.08 bits per heavy atom. The van der Waals surface area contributed by atoms with E-state index < -0.39 is 6.05 Å². The second-order valence-corrected chi connectivity index (χ2v) is 9.51. The molecule has 4 aromatic carbocycles. The first-order valence-electron chi connectivity index (χ1n) is 13.0. The summed E-state index contributed by atoms with van der Waals surface area (Å²) in [6.07, 6.45) is 1.74. The minimum absolute atomic E-state index is 0.0863. The number of rotatable bonds is 8. The van der Waals surface area contributed by atoms with Gasteiger partial charge in [0.25, 0.3) is 0 Å². The molecule has 0 saturated heterocycles. The van der Waals surface area contributed by atoms with E-state index in [2.05, 4.69) is 6.92 Å². The first-order valence-corrected chi connectivity index (χ1v) is 13.0. The molecular weight excluding hydrogens is 474 g/mol. The number of pyridine rings is 1. The Bertz CT molecular complexity index is 1420. The Morgan fingerprint density at radius 1 is 0.632 bits per heavy atom. The van der Waals surface area contributed by atoms with E-state index in [1.165, 1.54) is 16.7 Å². The van der Waals surface area contributed by atoms with Gasteiger partial charge in [0.05, 0.1) is 5.56 Å². The van der Waals surface area contributed by atoms with E-state index in [0.717, 1.165) is 29.5 Å². The summed E-state index contributed by atoms with van der Waals surface area (Å²) in [5.74, 6) is 0. The van der Waals surface area contributed by atoms with Crippen LogP contribution in [-0.2, 0) is 6.05 Å². The van der Waals surface area contributed by atoms with Crippen LogP contribution in [0.5, 0.6) is 0 Å². The molecule has 1 unspecified atom stereocenters. The first kappa shape index (κ1) is 25.5. The van der Waals surface area contributed by atoms with Crippen LogP contribution >= 0.6 is 0 Å². The van der Waals surface area contributed by atoms with Crippen LogP contribution in [0.3, 0.4) is 0 Å². The van der Waals surface area contributed by atoms with Crippen molar-refractivity contribution in [2.45, 2.75) is 31.9 Å². The second kappa shape index (κ2) is 11.1. The summed E-state index contributed by atoms with van der Waals surface area (Å²) in [6.45, 7) is 2.06. The highest BCUT2D eigenvalue weighted by molar-refractivity contribution is 5.73. The van der Waals surface area contributed by atoms with Crippen molar-refractivity contribution in [3.63, 3.8) is 0 Å². The number of hydrogen-bond donors (Lipinski definition) is 1. The van der Waals surface area contributed by atoms with E-state index >= 15 is 8.78 Å². The normalized spacial score (nSPS) is 12.3. The van der Waals surface area contributed by atoms with Gasteiger partial charge < -0.3 is 5.73 Å². The Hall–Kier alpha value is -4.15. The molecule has 5 rings (SSSR count). The third-order valence-electron chi connectivity index (χ3n) is 6.88. The maximum Gasteiger partial charge on any atom is 0.490 e. The molecule has 0 spiro atoms. The average Bonchev–Trinajstić information content (AvgIpc) is 2.98. The third-order valence-corrected chi connectivity index (χ3v) is 6.88. The molecule has 0 amide bonds. The van der Waals surface area contributed by atoms with Crippen molar-refractivity contribution in [2.75, 3.05) is 0 Å². The molecule has 1 heterocycles. The maximum absolute atomic E-state index is 16.7. The van der Waals surface area contributed by atoms with Gasteiger partial charge in [-0.25, -0.2) is 0 Å². The molecule has 0 fully saturated rings. The highest BCUT2D eigenvalue weighted by atomic mass is 19.3. The van der Waals surface area contributed by atoms with E-state index in [1.807, 2.05) is 103 Å². The highest BCUT2D eigenvalue weighted by Gasteiger charge is 2.48. The summed E-state index contributed by atoms with van der Waals surface area (Å²) in [4.78, 5) is 0. The van der Waals surface area contributed by atoms with Crippen molar-refractivity contribution >= 4 is 0 Å². The zero-order valence-electron chi connectivity index (χ0n) is 21.4. The molecule has 1 atom stereocenters. The van der Waals surface area contributed by atoms with Crippen LogP contribution in [0.4, 0.5) is 8.78 Å². The number of hydrogen-bond acceptors (Lipinski definition) is 1. The molecule has 38 heavy (non-hydrogen) atoms. The topological polar surface area (TPSA) is 29.9 Å². The first-order chi connectivity index (χ1) is 18.5. The molecule has 5 aromatic rings. The van der Waals surface area contributed by atoms with Crippen molar-refractivity contribution in [3.05, 3.63) is 139 Å². The van der Waals surface area contributed by atoms with Gasteiger partial charge in [-0.05, 0) is 59.5 Å². The van der Waals surface area contributed by atoms with E-state index in [1.54, 1.807) is 12.1 Å². The smallest absolute Gasteiger partial charge is 0.324 e. The largest absolute Gasteiger partial charge is 0.490 e. The van der Waals surface area contributed by atoms with E-state index in [9.17, 15) is 0 Å². The van der Waals surface area contributed by atoms with Crippen molar-refractivity contribution in [1.82, 2.24) is 0 Å². The molecule has 0 aliphatic heterocycles. The molecule has 0 bridgehead atoms. The number of aromatic nitrogens is 1. The molecule has 0 saturated carbocycles. The summed E-state index contributed by atoms with van der Waals surface area (Å²) >= 11 is 0. The molecule has 0 radical (unpaired) electrons. The summed E-state index contributed by atoms with van der Waals surface area (Å²) < 4.78 is 34.6. The van der Waals surface area contributed by atoms with Gasteiger partial charge in [-0.15, -0.1) is 13.3 Å². The van der Waals surface area contributed by atoms with Crippen molar-refractivity contribution in [3.8, 4) is 33.6 Å². The second-order valence-electron chi connectivity index (χ2n) is 9.51. The molecule has 190 valence electrons. The van der Waals surface area contributed by atoms with Gasteiger partial charge in [0.1, 0.15) is 0 Å². The van der Waals surface area contributed by atoms with Gasteiger partial charge in [0, 0.05) is 29.3 Å². The lowest BCUT2D eigenvalue weighted by molar-refractivity contribution is -0.793. The lowest BCUT2D eigenvalue weighted by Crippen LogP contribution is -2.54. The van der Waals surface area contributed by atoms with Crippen LogP contribution < -0.4 is 10.3 Å². The fraction of sp³-hybridized carbons (Fsp3) is 0.147. The minimum Gasteiger partial charge on any atom is -0.324 e. The standard InChI is InChI=1S/C34H31F2N2/c1-2-12-31(37)26-19-21-30(22-20-26)34(35,36)38-32(27-15-8-4-9-16-27)23-29(25-13-6-3-7-14-25)24-33(38)28-17-10-5-11-18-28/h3-11,13-24,31H,2,12,37H2,1H3/q+1. The zero-order valence-corrected chi connectivity index (χ0v) is 21.4. The monoisotopic (exact) mass is 505 g/mol. The Labute approximate surface area is 223 Å². The number of alkyl halides is 2. The van der Waals surface area contributed by atoms with Gasteiger partial charge in [0.2, 0.25) is 11.4 Å². The lowest BCUT2D eigenvalue weighted by Gasteiger charge is -2.20. The number of benzene rings is 4. The van der Waals surface area contributed by atoms with Gasteiger partial charge >= 0.3 is 6.05 Å². The fourth-order valence-electron chi connectivity index (χ4n) is 4.88. The maximum atomic E-state index is 16.7. The molecule has 2 N–H and O–H groups in total. The highest BCUT2D eigenvalue weighted by Crippen LogP contribution is 2.35. The van der Waals surface area contributed by atoms with Crippen molar-refractivity contribution in [2.24, 2.45) is 5.73 Å². The Morgan fingerprint density at radius 3 is 1.53 bits per heavy atom. The predicted molar refractivity (Wildman–Crippen MR) is 151 cm³/mol. The number of nitrogens with zero attached hydrogens (tertiary/aromatic N) is 1. The molecule has 0 aliphatic rings. The van der Waals surface area contributed by atoms with Crippen LogP contribution in [0.1, 0.15) is 36.9 Å². The quantitative estimate of drug-likeness (QED) is 0.211. The molecule has 4 heteroatoms. The molecule has 1 aromatic heterocycles. The summed E-state index contributed by atoms with van der Waals surface area (Å²) in [6, 6.07) is 35.3. The van der Waals surface area contributed by atoms with E-state index in [-0.39, 0.29) is 11.6 Å². The predicted octanol–water partition coefficient (Wildman–Crippen LogP) is 8.37. The van der Waals surface area contributed by atoms with Gasteiger partial charge in [0.15, 0.2) is 0 Å². The summed E-state index contributed by atoms with van der Waals surface area (Å²) in [5.41, 5.74) is 11.2. The van der Waals surface area contributed by atoms with Gasteiger partial charge in [-0.2, -0.15) is 0 Å². The lowest BCUT2D eigenvalue weighted by atomic mass is 9.97. The molecular formula is C34H31F2N2+. The van der Waals surface area contributed by atoms with Gasteiger partial charge in [-0.1, -0.05) is 92.2 Å². The SMILES string of the molecule is CCCC(N)c1ccc(C(F)(F)[n+]2c(-c3ccccc3)cc(-c3ccccc3)cc2-c2ccccc2)cc1. The van der Waals surface area contributed by atoms with Gasteiger partial charge in [-0.3, -0.25) is 0 Å². The zero-order chi connectivity index (χ0) is 26.5. The number of halogens is 2. The fourth-order valence-corrected chi connectivity index (χ4v) is 4.88. The minimum atomic E-state index is -3.33. The van der Waals surface area contributed by atoms with Crippen LogP contribution in [0.25, 0.3) is 33.6 Å². The summed E-state index contributed by atoms with van der Waals surface area (Å²) in [7, 11) is 0. The van der Waals surface area contributed by atoms with Crippen molar-refractivity contribution in [1.29, 1.82) is 0 Å². The van der Waals surface area contributed by atoms with Crippen LogP contribution in [0.15, 0.2) is 127 Å².